The van der Waals surface area contributed by atoms with Crippen LogP contribution in [0.25, 0.3) is 0 Å². The van der Waals surface area contributed by atoms with E-state index >= 15 is 0 Å². The Bertz CT molecular complexity index is 626. The molecule has 1 heterocycles. The molecule has 1 aromatic rings. The predicted molar refractivity (Wildman–Crippen MR) is 83.2 cm³/mol. The van der Waals surface area contributed by atoms with Crippen LogP contribution in [-0.2, 0) is 16.1 Å². The molecule has 0 atom stereocenters. The molecule has 2 rings (SSSR count). The summed E-state index contributed by atoms with van der Waals surface area (Å²) in [6.45, 7) is 10.1. The standard InChI is InChI=1S/C17H22N2O3/c1-10(2)8-18-15(20)16(21)19(17(18)22)9-14-12(4)6-11(3)7-13(14)5/h6-7,10H,8-9H2,1-5H3. The minimum atomic E-state index is -0.731. The molecule has 22 heavy (non-hydrogen) atoms. The summed E-state index contributed by atoms with van der Waals surface area (Å²) in [5.41, 5.74) is 4.10. The molecule has 1 saturated heterocycles. The van der Waals surface area contributed by atoms with Gasteiger partial charge < -0.3 is 0 Å². The summed E-state index contributed by atoms with van der Waals surface area (Å²) in [7, 11) is 0. The van der Waals surface area contributed by atoms with Gasteiger partial charge in [0.05, 0.1) is 6.54 Å². The van der Waals surface area contributed by atoms with Gasteiger partial charge in [0.1, 0.15) is 0 Å². The molecule has 0 aliphatic carbocycles. The van der Waals surface area contributed by atoms with E-state index in [0.717, 1.165) is 32.1 Å². The molecule has 1 aromatic carbocycles. The molecule has 1 aliphatic heterocycles. The summed E-state index contributed by atoms with van der Waals surface area (Å²) in [5, 5.41) is 0. The highest BCUT2D eigenvalue weighted by atomic mass is 16.2. The first-order valence-electron chi connectivity index (χ1n) is 7.46. The van der Waals surface area contributed by atoms with Crippen LogP contribution in [0.2, 0.25) is 0 Å². The van der Waals surface area contributed by atoms with E-state index in [2.05, 4.69) is 0 Å². The van der Waals surface area contributed by atoms with Crippen LogP contribution in [0.5, 0.6) is 0 Å². The molecule has 5 heteroatoms. The second-order valence-electron chi connectivity index (χ2n) is 6.36. The summed E-state index contributed by atoms with van der Waals surface area (Å²) in [4.78, 5) is 38.6. The Morgan fingerprint density at radius 3 is 1.91 bits per heavy atom. The lowest BCUT2D eigenvalue weighted by molar-refractivity contribution is -0.143. The van der Waals surface area contributed by atoms with Crippen LogP contribution in [0.3, 0.4) is 0 Å². The molecule has 5 nitrogen and oxygen atoms in total. The van der Waals surface area contributed by atoms with Gasteiger partial charge in [0.25, 0.3) is 0 Å². The maximum atomic E-state index is 12.4. The second-order valence-corrected chi connectivity index (χ2v) is 6.36. The van der Waals surface area contributed by atoms with E-state index in [1.807, 2.05) is 46.8 Å². The minimum absolute atomic E-state index is 0.128. The van der Waals surface area contributed by atoms with Gasteiger partial charge in [-0.15, -0.1) is 0 Å². The van der Waals surface area contributed by atoms with Crippen molar-refractivity contribution >= 4 is 17.8 Å². The van der Waals surface area contributed by atoms with Gasteiger partial charge in [0.15, 0.2) is 0 Å². The van der Waals surface area contributed by atoms with Gasteiger partial charge in [-0.05, 0) is 43.4 Å². The number of nitrogens with zero attached hydrogens (tertiary/aromatic N) is 2. The highest BCUT2D eigenvalue weighted by Crippen LogP contribution is 2.22. The zero-order valence-electron chi connectivity index (χ0n) is 13.8. The van der Waals surface area contributed by atoms with Crippen molar-refractivity contribution in [3.63, 3.8) is 0 Å². The first kappa shape index (κ1) is 16.2. The maximum Gasteiger partial charge on any atom is 0.334 e. The molecule has 118 valence electrons. The minimum Gasteiger partial charge on any atom is -0.263 e. The number of hydrogen-bond acceptors (Lipinski definition) is 3. The molecule has 0 spiro atoms. The molecule has 0 bridgehead atoms. The first-order chi connectivity index (χ1) is 10.2. The van der Waals surface area contributed by atoms with Crippen LogP contribution >= 0.6 is 0 Å². The summed E-state index contributed by atoms with van der Waals surface area (Å²) in [6.07, 6.45) is 0. The Kier molecular flexibility index (Phi) is 4.35. The predicted octanol–water partition coefficient (Wildman–Crippen LogP) is 2.56. The number of carbonyl (C=O) groups is 3. The van der Waals surface area contributed by atoms with Gasteiger partial charge in [0, 0.05) is 6.54 Å². The average molecular weight is 302 g/mol. The smallest absolute Gasteiger partial charge is 0.263 e. The summed E-state index contributed by atoms with van der Waals surface area (Å²) in [5.74, 6) is -1.32. The van der Waals surface area contributed by atoms with E-state index < -0.39 is 17.8 Å². The van der Waals surface area contributed by atoms with Gasteiger partial charge in [-0.1, -0.05) is 31.5 Å². The fourth-order valence-electron chi connectivity index (χ4n) is 2.83. The van der Waals surface area contributed by atoms with E-state index in [1.165, 1.54) is 0 Å². The van der Waals surface area contributed by atoms with E-state index in [9.17, 15) is 14.4 Å². The van der Waals surface area contributed by atoms with E-state index in [4.69, 9.17) is 0 Å². The van der Waals surface area contributed by atoms with E-state index in [1.54, 1.807) is 0 Å². The fraction of sp³-hybridized carbons (Fsp3) is 0.471. The largest absolute Gasteiger partial charge is 0.334 e. The molecule has 0 unspecified atom stereocenters. The first-order valence-corrected chi connectivity index (χ1v) is 7.46. The molecule has 1 aliphatic rings. The van der Waals surface area contributed by atoms with Gasteiger partial charge in [-0.2, -0.15) is 0 Å². The lowest BCUT2D eigenvalue weighted by Crippen LogP contribution is -2.35. The maximum absolute atomic E-state index is 12.4. The third kappa shape index (κ3) is 2.89. The fourth-order valence-corrected chi connectivity index (χ4v) is 2.83. The van der Waals surface area contributed by atoms with E-state index in [0.29, 0.717) is 0 Å². The van der Waals surface area contributed by atoms with Crippen molar-refractivity contribution in [2.75, 3.05) is 6.54 Å². The molecule has 1 fully saturated rings. The summed E-state index contributed by atoms with van der Waals surface area (Å²) in [6, 6.07) is 3.52. The zero-order chi connectivity index (χ0) is 16.6. The Hall–Kier alpha value is -2.17. The zero-order valence-corrected chi connectivity index (χ0v) is 13.8. The van der Waals surface area contributed by atoms with Crippen LogP contribution in [0.4, 0.5) is 4.79 Å². The molecule has 0 radical (unpaired) electrons. The van der Waals surface area contributed by atoms with Crippen molar-refractivity contribution in [3.8, 4) is 0 Å². The molecule has 0 saturated carbocycles. The number of imide groups is 2. The van der Waals surface area contributed by atoms with Crippen molar-refractivity contribution in [1.29, 1.82) is 0 Å². The van der Waals surface area contributed by atoms with Crippen molar-refractivity contribution in [1.82, 2.24) is 9.80 Å². The SMILES string of the molecule is Cc1cc(C)c(CN2C(=O)C(=O)N(CC(C)C)C2=O)c(C)c1. The Morgan fingerprint density at radius 1 is 0.909 bits per heavy atom. The van der Waals surface area contributed by atoms with Crippen LogP contribution in [-0.4, -0.2) is 34.2 Å². The number of rotatable bonds is 4. The number of carbonyl (C=O) groups excluding carboxylic acids is 3. The van der Waals surface area contributed by atoms with Crippen molar-refractivity contribution in [2.24, 2.45) is 5.92 Å². The van der Waals surface area contributed by atoms with Crippen molar-refractivity contribution in [3.05, 3.63) is 34.4 Å². The normalized spacial score (nSPS) is 15.5. The number of benzene rings is 1. The van der Waals surface area contributed by atoms with Crippen LogP contribution in [0, 0.1) is 26.7 Å². The molecule has 4 amide bonds. The monoisotopic (exact) mass is 302 g/mol. The number of amides is 4. The van der Waals surface area contributed by atoms with Crippen LogP contribution in [0.15, 0.2) is 12.1 Å². The lowest BCUT2D eigenvalue weighted by atomic mass is 9.99. The van der Waals surface area contributed by atoms with Crippen molar-refractivity contribution in [2.45, 2.75) is 41.2 Å². The third-order valence-corrected chi connectivity index (χ3v) is 3.84. The molecule has 0 N–H and O–H groups in total. The molecular weight excluding hydrogens is 280 g/mol. The number of hydrogen-bond donors (Lipinski definition) is 0. The Labute approximate surface area is 130 Å². The molecular formula is C17H22N2O3. The Balaban J connectivity index is 2.29. The Morgan fingerprint density at radius 2 is 1.41 bits per heavy atom. The van der Waals surface area contributed by atoms with Gasteiger partial charge >= 0.3 is 17.8 Å². The van der Waals surface area contributed by atoms with Gasteiger partial charge in [0.2, 0.25) is 0 Å². The average Bonchev–Trinajstić information content (AvgIpc) is 2.59. The van der Waals surface area contributed by atoms with Gasteiger partial charge in [-0.25, -0.2) is 4.79 Å². The summed E-state index contributed by atoms with van der Waals surface area (Å²) >= 11 is 0. The summed E-state index contributed by atoms with van der Waals surface area (Å²) < 4.78 is 0. The lowest BCUT2D eigenvalue weighted by Gasteiger charge is -2.19. The highest BCUT2D eigenvalue weighted by molar-refractivity contribution is 6.44. The third-order valence-electron chi connectivity index (χ3n) is 3.84. The van der Waals surface area contributed by atoms with Crippen LogP contribution in [0.1, 0.15) is 36.1 Å². The van der Waals surface area contributed by atoms with Gasteiger partial charge in [-0.3, -0.25) is 19.4 Å². The second kappa shape index (κ2) is 5.91. The quantitative estimate of drug-likeness (QED) is 0.634. The van der Waals surface area contributed by atoms with Crippen LogP contribution < -0.4 is 0 Å². The highest BCUT2D eigenvalue weighted by Gasteiger charge is 2.44. The topological polar surface area (TPSA) is 57.7 Å². The number of urea groups is 1. The van der Waals surface area contributed by atoms with E-state index in [-0.39, 0.29) is 19.0 Å². The molecule has 0 aromatic heterocycles. The number of aryl methyl sites for hydroxylation is 3. The van der Waals surface area contributed by atoms with Crippen molar-refractivity contribution < 1.29 is 14.4 Å².